The highest BCUT2D eigenvalue weighted by Crippen LogP contribution is 2.42. The fourth-order valence-corrected chi connectivity index (χ4v) is 5.92. The quantitative estimate of drug-likeness (QED) is 0.112. The van der Waals surface area contributed by atoms with Gasteiger partial charge in [0.15, 0.2) is 5.76 Å². The van der Waals surface area contributed by atoms with Crippen LogP contribution in [0.25, 0.3) is 11.1 Å². The van der Waals surface area contributed by atoms with E-state index in [0.29, 0.717) is 30.0 Å². The molecule has 5 N–H and O–H groups in total. The van der Waals surface area contributed by atoms with Gasteiger partial charge in [-0.15, -0.1) is 0 Å². The number of nitrogens with two attached hydrogens (primary N) is 1. The zero-order valence-corrected chi connectivity index (χ0v) is 25.4. The highest BCUT2D eigenvalue weighted by Gasteiger charge is 2.32. The van der Waals surface area contributed by atoms with E-state index in [1.807, 2.05) is 6.08 Å². The van der Waals surface area contributed by atoms with Gasteiger partial charge in [0.05, 0.1) is 37.8 Å². The predicted octanol–water partition coefficient (Wildman–Crippen LogP) is 5.15. The lowest BCUT2D eigenvalue weighted by atomic mass is 9.87. The topological polar surface area (TPSA) is 132 Å². The minimum atomic E-state index is -0.649. The summed E-state index contributed by atoms with van der Waals surface area (Å²) in [7, 11) is 0. The van der Waals surface area contributed by atoms with Gasteiger partial charge in [-0.1, -0.05) is 66.7 Å². The van der Waals surface area contributed by atoms with Crippen molar-refractivity contribution in [3.8, 4) is 11.1 Å². The molecule has 46 heavy (non-hydrogen) atoms. The maximum Gasteiger partial charge on any atom is 0.286 e. The Hall–Kier alpha value is -4.96. The van der Waals surface area contributed by atoms with Gasteiger partial charge in [-0.3, -0.25) is 9.59 Å². The molecule has 1 heterocycles. The molecule has 2 aliphatic rings. The van der Waals surface area contributed by atoms with Crippen LogP contribution in [-0.4, -0.2) is 49.6 Å². The Labute approximate surface area is 268 Å². The zero-order chi connectivity index (χ0) is 31.9. The summed E-state index contributed by atoms with van der Waals surface area (Å²) in [5.74, 6) is -0.531. The highest BCUT2D eigenvalue weighted by molar-refractivity contribution is 6.05. The molecule has 9 heteroatoms. The monoisotopic (exact) mass is 619 g/mol. The number of nitrogens with one attached hydrogen (secondary N) is 2. The van der Waals surface area contributed by atoms with Gasteiger partial charge in [-0.2, -0.15) is 0 Å². The van der Waals surface area contributed by atoms with Gasteiger partial charge in [0.1, 0.15) is 0 Å². The van der Waals surface area contributed by atoms with Gasteiger partial charge in [-0.05, 0) is 70.1 Å². The number of hydrogen-bond donors (Lipinski definition) is 4. The van der Waals surface area contributed by atoms with Crippen molar-refractivity contribution in [1.29, 1.82) is 0 Å². The molecule has 2 atom stereocenters. The largest absolute Gasteiger partial charge is 0.459 e. The lowest BCUT2D eigenvalue weighted by molar-refractivity contribution is -0.151. The number of hydrogen-bond acceptors (Lipinski definition) is 7. The van der Waals surface area contributed by atoms with Gasteiger partial charge in [0.2, 0.25) is 6.29 Å². The predicted molar refractivity (Wildman–Crippen MR) is 176 cm³/mol. The van der Waals surface area contributed by atoms with Crippen molar-refractivity contribution in [2.45, 2.75) is 31.6 Å². The second-order valence-corrected chi connectivity index (χ2v) is 11.3. The zero-order valence-electron chi connectivity index (χ0n) is 25.4. The third-order valence-electron chi connectivity index (χ3n) is 8.21. The third kappa shape index (κ3) is 7.13. The molecule has 1 aliphatic heterocycles. The van der Waals surface area contributed by atoms with Crippen LogP contribution in [0.1, 0.15) is 45.0 Å². The van der Waals surface area contributed by atoms with Gasteiger partial charge >= 0.3 is 0 Å². The van der Waals surface area contributed by atoms with Crippen LogP contribution in [0.15, 0.2) is 103 Å². The van der Waals surface area contributed by atoms with Crippen LogP contribution >= 0.6 is 0 Å². The molecule has 0 aromatic heterocycles. The van der Waals surface area contributed by atoms with Crippen LogP contribution in [0.3, 0.4) is 0 Å². The average Bonchev–Trinajstić information content (AvgIpc) is 3.47. The summed E-state index contributed by atoms with van der Waals surface area (Å²) >= 11 is 0. The number of ether oxygens (including phenoxy) is 3. The lowest BCUT2D eigenvalue weighted by Crippen LogP contribution is -2.33. The average molecular weight is 620 g/mol. The number of carbonyl (C=O) groups excluding carboxylic acids is 2. The maximum absolute atomic E-state index is 13.4. The van der Waals surface area contributed by atoms with Gasteiger partial charge < -0.3 is 35.7 Å². The molecular weight excluding hydrogens is 582 g/mol. The fraction of sp³-hybridized carbons (Fsp3) is 0.243. The highest BCUT2D eigenvalue weighted by atomic mass is 16.7. The summed E-state index contributed by atoms with van der Waals surface area (Å²) in [5.41, 5.74) is 14.4. The van der Waals surface area contributed by atoms with E-state index in [1.165, 1.54) is 22.3 Å². The van der Waals surface area contributed by atoms with E-state index in [9.17, 15) is 9.59 Å². The van der Waals surface area contributed by atoms with Crippen LogP contribution in [0, 0.1) is 0 Å². The molecule has 2 amide bonds. The number of nitrogen functional groups attached to an aromatic ring is 1. The van der Waals surface area contributed by atoms with E-state index < -0.39 is 6.29 Å². The third-order valence-corrected chi connectivity index (χ3v) is 8.21. The van der Waals surface area contributed by atoms with Crippen LogP contribution < -0.4 is 16.4 Å². The Bertz CT molecular complexity index is 1740. The molecule has 1 aliphatic carbocycles. The number of carbonyl (C=O) groups is 2. The van der Waals surface area contributed by atoms with Crippen molar-refractivity contribution in [3.63, 3.8) is 0 Å². The summed E-state index contributed by atoms with van der Waals surface area (Å²) in [6.45, 7) is 0.985. The van der Waals surface area contributed by atoms with Crippen molar-refractivity contribution in [1.82, 2.24) is 5.32 Å². The van der Waals surface area contributed by atoms with Crippen molar-refractivity contribution in [2.75, 3.05) is 37.5 Å². The van der Waals surface area contributed by atoms with E-state index in [-0.39, 0.29) is 49.9 Å². The Morgan fingerprint density at radius 1 is 0.870 bits per heavy atom. The molecule has 0 spiro atoms. The summed E-state index contributed by atoms with van der Waals surface area (Å²) in [4.78, 5) is 26.1. The lowest BCUT2D eigenvalue weighted by Gasteiger charge is -2.30. The molecule has 6 rings (SSSR count). The fourth-order valence-electron chi connectivity index (χ4n) is 5.92. The standard InChI is InChI=1S/C37H37N3O6/c38-32-10-3-4-11-33(32)40-36(42)25-14-12-24(13-15-25)23-39-37(43)34-21-27(22-35(46-34)45-19-18-44-17-16-41)29-8-5-9-30-28-7-2-1-6-26(28)20-31(29)30/h1-15,21,27,35,41H,16-20,22-23,38H2,(H,39,43)(H,40,42)/t27-,35+/m0/s1. The number of aliphatic hydroxyl groups excluding tert-OH is 1. The van der Waals surface area contributed by atoms with E-state index >= 15 is 0 Å². The molecule has 4 aromatic rings. The van der Waals surface area contributed by atoms with E-state index in [1.54, 1.807) is 48.5 Å². The minimum Gasteiger partial charge on any atom is -0.459 e. The number of amides is 2. The molecular formula is C37H37N3O6. The summed E-state index contributed by atoms with van der Waals surface area (Å²) in [6, 6.07) is 28.9. The van der Waals surface area contributed by atoms with Crippen molar-refractivity contribution >= 4 is 23.2 Å². The Kier molecular flexibility index (Phi) is 9.73. The Morgan fingerprint density at radius 2 is 1.65 bits per heavy atom. The molecule has 9 nitrogen and oxygen atoms in total. The van der Waals surface area contributed by atoms with Crippen molar-refractivity contribution < 1.29 is 28.9 Å². The van der Waals surface area contributed by atoms with Gasteiger partial charge in [0.25, 0.3) is 11.8 Å². The van der Waals surface area contributed by atoms with Crippen LogP contribution in [-0.2, 0) is 32.0 Å². The molecule has 236 valence electrons. The second-order valence-electron chi connectivity index (χ2n) is 11.3. The van der Waals surface area contributed by atoms with E-state index in [0.717, 1.165) is 17.5 Å². The van der Waals surface area contributed by atoms with Gasteiger partial charge in [-0.25, -0.2) is 0 Å². The molecule has 0 radical (unpaired) electrons. The summed E-state index contributed by atoms with van der Waals surface area (Å²) < 4.78 is 17.4. The number of benzene rings is 4. The minimum absolute atomic E-state index is 0.0602. The Morgan fingerprint density at radius 3 is 2.48 bits per heavy atom. The number of allylic oxidation sites excluding steroid dienone is 1. The normalized spacial score (nSPS) is 16.5. The smallest absolute Gasteiger partial charge is 0.286 e. The Balaban J connectivity index is 1.14. The first-order valence-corrected chi connectivity index (χ1v) is 15.4. The van der Waals surface area contributed by atoms with Crippen LogP contribution in [0.4, 0.5) is 11.4 Å². The summed E-state index contributed by atoms with van der Waals surface area (Å²) in [5, 5.41) is 14.8. The SMILES string of the molecule is Nc1ccccc1NC(=O)c1ccc(CNC(=O)C2=C[C@H](c3cccc4c3Cc3ccccc3-4)C[C@H](OCCOCCO)O2)cc1. The second kappa shape index (κ2) is 14.4. The van der Waals surface area contributed by atoms with Gasteiger partial charge in [0, 0.05) is 24.4 Å². The van der Waals surface area contributed by atoms with Crippen molar-refractivity contribution in [3.05, 3.63) is 131 Å². The summed E-state index contributed by atoms with van der Waals surface area (Å²) in [6.07, 6.45) is 2.62. The molecule has 0 fully saturated rings. The number of anilines is 2. The number of aliphatic hydroxyl groups is 1. The number of rotatable bonds is 12. The molecule has 0 saturated carbocycles. The number of fused-ring (bicyclic) bond motifs is 3. The molecule has 0 unspecified atom stereocenters. The van der Waals surface area contributed by atoms with E-state index in [4.69, 9.17) is 25.1 Å². The first-order valence-electron chi connectivity index (χ1n) is 15.4. The number of para-hydroxylation sites is 2. The first-order chi connectivity index (χ1) is 22.5. The molecule has 0 bridgehead atoms. The first kappa shape index (κ1) is 31.0. The molecule has 4 aromatic carbocycles. The van der Waals surface area contributed by atoms with E-state index in [2.05, 4.69) is 53.1 Å². The van der Waals surface area contributed by atoms with Crippen LogP contribution in [0.2, 0.25) is 0 Å². The molecule has 0 saturated heterocycles. The van der Waals surface area contributed by atoms with Crippen molar-refractivity contribution in [2.24, 2.45) is 0 Å². The maximum atomic E-state index is 13.4. The van der Waals surface area contributed by atoms with Crippen LogP contribution in [0.5, 0.6) is 0 Å².